The number of thiocarbonyl (C=S) groups is 2. The maximum atomic E-state index is 10.3. The third-order valence-corrected chi connectivity index (χ3v) is 1.06. The maximum absolute atomic E-state index is 10.3. The summed E-state index contributed by atoms with van der Waals surface area (Å²) in [6.45, 7) is -0.0392. The first-order chi connectivity index (χ1) is 5.22. The summed E-state index contributed by atoms with van der Waals surface area (Å²) in [5.74, 6) is -1.10. The molecular formula is C5H4N2O2S2. The summed E-state index contributed by atoms with van der Waals surface area (Å²) in [5.41, 5.74) is 0. The third kappa shape index (κ3) is 4.47. The summed E-state index contributed by atoms with van der Waals surface area (Å²) in [4.78, 5) is 17.1. The summed E-state index contributed by atoms with van der Waals surface area (Å²) in [7, 11) is 0. The highest BCUT2D eigenvalue weighted by atomic mass is 32.1. The van der Waals surface area contributed by atoms with Crippen LogP contribution in [0.4, 0.5) is 0 Å². The monoisotopic (exact) mass is 188 g/mol. The lowest BCUT2D eigenvalue weighted by Gasteiger charge is -1.97. The molecule has 0 rings (SSSR count). The van der Waals surface area contributed by atoms with Gasteiger partial charge in [-0.1, -0.05) is 0 Å². The molecule has 0 aliphatic heterocycles. The Hall–Kier alpha value is -0.930. The standard InChI is InChI=1S/C5H4N2O2S2/c8-5(9)4(7-3-11)1-6-2-10/h4H,1H2,(H,8,9). The fraction of sp³-hybridized carbons (Fsp3) is 0.400. The zero-order valence-corrected chi connectivity index (χ0v) is 6.98. The van der Waals surface area contributed by atoms with Crippen molar-refractivity contribution in [2.75, 3.05) is 6.54 Å². The van der Waals surface area contributed by atoms with Gasteiger partial charge in [0.15, 0.2) is 6.04 Å². The maximum Gasteiger partial charge on any atom is 0.331 e. The van der Waals surface area contributed by atoms with Gasteiger partial charge in [-0.05, 0) is 24.4 Å². The zero-order chi connectivity index (χ0) is 8.69. The van der Waals surface area contributed by atoms with Crippen molar-refractivity contribution < 1.29 is 9.90 Å². The second-order valence-electron chi connectivity index (χ2n) is 1.51. The van der Waals surface area contributed by atoms with Gasteiger partial charge < -0.3 is 5.11 Å². The zero-order valence-electron chi connectivity index (χ0n) is 5.35. The number of aliphatic imine (C=N–C) groups is 2. The van der Waals surface area contributed by atoms with Crippen molar-refractivity contribution in [2.45, 2.75) is 6.04 Å². The van der Waals surface area contributed by atoms with E-state index in [9.17, 15) is 4.79 Å². The number of aliphatic carboxylic acids is 1. The van der Waals surface area contributed by atoms with E-state index in [0.29, 0.717) is 0 Å². The number of carbonyl (C=O) groups is 1. The van der Waals surface area contributed by atoms with E-state index in [1.165, 1.54) is 0 Å². The van der Waals surface area contributed by atoms with Crippen LogP contribution in [0, 0.1) is 0 Å². The highest BCUT2D eigenvalue weighted by Gasteiger charge is 2.13. The van der Waals surface area contributed by atoms with Crippen molar-refractivity contribution in [2.24, 2.45) is 9.98 Å². The fourth-order valence-corrected chi connectivity index (χ4v) is 0.563. The average Bonchev–Trinajstić information content (AvgIpc) is 1.97. The van der Waals surface area contributed by atoms with E-state index < -0.39 is 12.0 Å². The van der Waals surface area contributed by atoms with Gasteiger partial charge in [-0.25, -0.2) is 14.8 Å². The summed E-state index contributed by atoms with van der Waals surface area (Å²) >= 11 is 8.47. The third-order valence-electron chi connectivity index (χ3n) is 0.822. The van der Waals surface area contributed by atoms with E-state index in [1.807, 2.05) is 10.3 Å². The van der Waals surface area contributed by atoms with Gasteiger partial charge in [-0.3, -0.25) is 0 Å². The molecule has 0 aliphatic rings. The SMILES string of the molecule is O=C(O)C(CN=C=S)N=C=S. The Bertz CT molecular complexity index is 239. The van der Waals surface area contributed by atoms with E-state index in [1.54, 1.807) is 0 Å². The van der Waals surface area contributed by atoms with Gasteiger partial charge in [0.05, 0.1) is 16.9 Å². The molecule has 11 heavy (non-hydrogen) atoms. The Labute approximate surface area is 73.7 Å². The topological polar surface area (TPSA) is 62.0 Å². The summed E-state index contributed by atoms with van der Waals surface area (Å²) in [5, 5.41) is 12.4. The minimum Gasteiger partial charge on any atom is -0.480 e. The molecular weight excluding hydrogens is 184 g/mol. The molecule has 0 amide bonds. The molecule has 0 aliphatic carbocycles. The van der Waals surface area contributed by atoms with Crippen LogP contribution in [0.2, 0.25) is 0 Å². The number of nitrogens with zero attached hydrogens (tertiary/aromatic N) is 2. The summed E-state index contributed by atoms with van der Waals surface area (Å²) < 4.78 is 0. The first-order valence-electron chi connectivity index (χ1n) is 2.55. The fourth-order valence-electron chi connectivity index (χ4n) is 0.361. The predicted molar refractivity (Wildman–Crippen MR) is 46.3 cm³/mol. The number of hydrogen-bond acceptors (Lipinski definition) is 5. The largest absolute Gasteiger partial charge is 0.480 e. The van der Waals surface area contributed by atoms with Gasteiger partial charge in [0, 0.05) is 0 Å². The van der Waals surface area contributed by atoms with E-state index in [0.717, 1.165) is 0 Å². The molecule has 6 heteroatoms. The number of carboxylic acid groups (broad SMARTS) is 1. The van der Waals surface area contributed by atoms with Crippen LogP contribution < -0.4 is 0 Å². The molecule has 4 nitrogen and oxygen atoms in total. The molecule has 0 aromatic rings. The van der Waals surface area contributed by atoms with E-state index in [-0.39, 0.29) is 6.54 Å². The molecule has 0 radical (unpaired) electrons. The Balaban J connectivity index is 4.21. The van der Waals surface area contributed by atoms with Crippen LogP contribution in [0.5, 0.6) is 0 Å². The first-order valence-corrected chi connectivity index (χ1v) is 3.37. The quantitative estimate of drug-likeness (QED) is 0.519. The van der Waals surface area contributed by atoms with Gasteiger partial charge in [0.25, 0.3) is 0 Å². The predicted octanol–water partition coefficient (Wildman–Crippen LogP) is 0.645. The normalized spacial score (nSPS) is 10.5. The molecule has 58 valence electrons. The van der Waals surface area contributed by atoms with Gasteiger partial charge in [-0.2, -0.15) is 0 Å². The van der Waals surface area contributed by atoms with Gasteiger partial charge in [-0.15, -0.1) is 0 Å². The molecule has 0 fully saturated rings. The minimum atomic E-state index is -1.10. The molecule has 0 saturated heterocycles. The number of isothiocyanates is 2. The van der Waals surface area contributed by atoms with Crippen LogP contribution in [0.1, 0.15) is 0 Å². The Kier molecular flexibility index (Phi) is 5.33. The van der Waals surface area contributed by atoms with Crippen molar-refractivity contribution in [1.82, 2.24) is 0 Å². The van der Waals surface area contributed by atoms with Crippen molar-refractivity contribution in [1.29, 1.82) is 0 Å². The van der Waals surface area contributed by atoms with Crippen molar-refractivity contribution in [3.63, 3.8) is 0 Å². The molecule has 0 spiro atoms. The van der Waals surface area contributed by atoms with E-state index in [4.69, 9.17) is 5.11 Å². The highest BCUT2D eigenvalue weighted by molar-refractivity contribution is 7.78. The van der Waals surface area contributed by atoms with Gasteiger partial charge >= 0.3 is 5.97 Å². The number of hydrogen-bond donors (Lipinski definition) is 1. The molecule has 1 N–H and O–H groups in total. The minimum absolute atomic E-state index is 0.0392. The second-order valence-corrected chi connectivity index (χ2v) is 1.87. The molecule has 1 unspecified atom stereocenters. The Morgan fingerprint density at radius 3 is 2.55 bits per heavy atom. The van der Waals surface area contributed by atoms with E-state index >= 15 is 0 Å². The molecule has 0 saturated carbocycles. The van der Waals surface area contributed by atoms with Crippen molar-refractivity contribution in [3.05, 3.63) is 0 Å². The van der Waals surface area contributed by atoms with Crippen LogP contribution in [0.3, 0.4) is 0 Å². The van der Waals surface area contributed by atoms with Crippen molar-refractivity contribution in [3.8, 4) is 0 Å². The van der Waals surface area contributed by atoms with Crippen LogP contribution in [0.15, 0.2) is 9.98 Å². The highest BCUT2D eigenvalue weighted by Crippen LogP contribution is 1.90. The van der Waals surface area contributed by atoms with Crippen LogP contribution in [-0.4, -0.2) is 34.0 Å². The molecule has 0 aromatic heterocycles. The second kappa shape index (κ2) is 5.82. The summed E-state index contributed by atoms with van der Waals surface area (Å²) in [6, 6.07) is -0.983. The van der Waals surface area contributed by atoms with Crippen LogP contribution in [0.25, 0.3) is 0 Å². The average molecular weight is 188 g/mol. The van der Waals surface area contributed by atoms with Crippen molar-refractivity contribution >= 4 is 40.7 Å². The molecule has 0 heterocycles. The van der Waals surface area contributed by atoms with Gasteiger partial charge in [0.1, 0.15) is 0 Å². The smallest absolute Gasteiger partial charge is 0.331 e. The molecule has 0 aromatic carbocycles. The molecule has 0 bridgehead atoms. The molecule has 1 atom stereocenters. The lowest BCUT2D eigenvalue weighted by Crippen LogP contribution is -2.20. The lowest BCUT2D eigenvalue weighted by molar-refractivity contribution is -0.138. The number of carboxylic acids is 1. The lowest BCUT2D eigenvalue weighted by atomic mass is 10.3. The van der Waals surface area contributed by atoms with Crippen LogP contribution in [-0.2, 0) is 4.79 Å². The van der Waals surface area contributed by atoms with Crippen LogP contribution >= 0.6 is 24.4 Å². The van der Waals surface area contributed by atoms with E-state index in [2.05, 4.69) is 34.4 Å². The number of rotatable bonds is 4. The summed E-state index contributed by atoms with van der Waals surface area (Å²) in [6.07, 6.45) is 0. The Morgan fingerprint density at radius 2 is 2.18 bits per heavy atom. The Morgan fingerprint density at radius 1 is 1.55 bits per heavy atom. The first kappa shape index (κ1) is 10.1. The van der Waals surface area contributed by atoms with Gasteiger partial charge in [0.2, 0.25) is 0 Å².